The van der Waals surface area contributed by atoms with Crippen LogP contribution in [0.1, 0.15) is 46.5 Å². The number of carbonyl (C=O) groups excluding carboxylic acids is 1. The number of aliphatic hydroxyl groups is 1. The van der Waals surface area contributed by atoms with Crippen LogP contribution in [0.15, 0.2) is 0 Å². The van der Waals surface area contributed by atoms with E-state index in [2.05, 4.69) is 24.5 Å². The van der Waals surface area contributed by atoms with E-state index in [0.717, 1.165) is 25.7 Å². The van der Waals surface area contributed by atoms with E-state index in [-0.39, 0.29) is 11.9 Å². The van der Waals surface area contributed by atoms with E-state index in [4.69, 9.17) is 0 Å². The predicted octanol–water partition coefficient (Wildman–Crippen LogP) is 1.04. The molecule has 3 N–H and O–H groups in total. The fourth-order valence-corrected chi connectivity index (χ4v) is 2.22. The van der Waals surface area contributed by atoms with Gasteiger partial charge in [0.1, 0.15) is 0 Å². The summed E-state index contributed by atoms with van der Waals surface area (Å²) in [5.74, 6) is -0.0373. The van der Waals surface area contributed by atoms with Gasteiger partial charge < -0.3 is 15.7 Å². The number of carbonyl (C=O) groups is 1. The third kappa shape index (κ3) is 4.28. The Balaban J connectivity index is 2.39. The topological polar surface area (TPSA) is 61.4 Å². The Labute approximate surface area is 104 Å². The van der Waals surface area contributed by atoms with E-state index in [1.54, 1.807) is 7.05 Å². The van der Waals surface area contributed by atoms with Gasteiger partial charge in [-0.15, -0.1) is 0 Å². The number of nitrogens with one attached hydrogen (secondary N) is 2. The molecular formula is C13H26N2O2. The molecule has 17 heavy (non-hydrogen) atoms. The third-order valence-corrected chi connectivity index (χ3v) is 3.91. The fourth-order valence-electron chi connectivity index (χ4n) is 2.22. The Hall–Kier alpha value is -0.610. The van der Waals surface area contributed by atoms with Crippen LogP contribution in [-0.4, -0.2) is 36.2 Å². The van der Waals surface area contributed by atoms with Gasteiger partial charge in [0.25, 0.3) is 0 Å². The molecule has 0 aliphatic heterocycles. The van der Waals surface area contributed by atoms with Gasteiger partial charge in [-0.05, 0) is 38.0 Å². The van der Waals surface area contributed by atoms with Crippen molar-refractivity contribution in [3.63, 3.8) is 0 Å². The minimum atomic E-state index is -0.641. The Bertz CT molecular complexity index is 267. The molecule has 0 bridgehead atoms. The predicted molar refractivity (Wildman–Crippen MR) is 68.7 cm³/mol. The van der Waals surface area contributed by atoms with Crippen molar-refractivity contribution in [3.8, 4) is 0 Å². The second kappa shape index (κ2) is 5.36. The summed E-state index contributed by atoms with van der Waals surface area (Å²) < 4.78 is 0. The number of likely N-dealkylation sites (N-methyl/N-ethyl adjacent to an activating group) is 1. The van der Waals surface area contributed by atoms with E-state index >= 15 is 0 Å². The first-order valence-electron chi connectivity index (χ1n) is 6.45. The summed E-state index contributed by atoms with van der Waals surface area (Å²) >= 11 is 0. The largest absolute Gasteiger partial charge is 0.389 e. The molecule has 1 rings (SSSR count). The van der Waals surface area contributed by atoms with Crippen LogP contribution < -0.4 is 10.6 Å². The first-order valence-corrected chi connectivity index (χ1v) is 6.45. The second-order valence-electron chi connectivity index (χ2n) is 6.11. The lowest BCUT2D eigenvalue weighted by Crippen LogP contribution is -2.50. The normalized spacial score (nSPS) is 24.1. The summed E-state index contributed by atoms with van der Waals surface area (Å²) in [6.45, 7) is 6.80. The molecule has 0 aromatic rings. The monoisotopic (exact) mass is 242 g/mol. The second-order valence-corrected chi connectivity index (χ2v) is 6.11. The molecule has 1 aliphatic rings. The highest BCUT2D eigenvalue weighted by atomic mass is 16.3. The van der Waals surface area contributed by atoms with Crippen molar-refractivity contribution >= 4 is 5.91 Å². The zero-order valence-corrected chi connectivity index (χ0v) is 11.5. The van der Waals surface area contributed by atoms with Gasteiger partial charge in [-0.25, -0.2) is 0 Å². The molecule has 0 spiro atoms. The minimum absolute atomic E-state index is 0.0373. The smallest absolute Gasteiger partial charge is 0.236 e. The average Bonchev–Trinajstić information content (AvgIpc) is 2.30. The number of hydrogen-bond acceptors (Lipinski definition) is 3. The molecule has 1 saturated carbocycles. The maximum Gasteiger partial charge on any atom is 0.236 e. The lowest BCUT2D eigenvalue weighted by Gasteiger charge is -2.40. The van der Waals surface area contributed by atoms with Crippen molar-refractivity contribution in [2.45, 2.75) is 58.1 Å². The molecule has 0 aromatic heterocycles. The van der Waals surface area contributed by atoms with E-state index in [1.807, 2.05) is 6.92 Å². The van der Waals surface area contributed by atoms with E-state index in [1.165, 1.54) is 0 Å². The summed E-state index contributed by atoms with van der Waals surface area (Å²) in [5.41, 5.74) is -0.295. The molecule has 0 saturated heterocycles. The van der Waals surface area contributed by atoms with Gasteiger partial charge in [0.15, 0.2) is 0 Å². The fraction of sp³-hybridized carbons (Fsp3) is 0.923. The lowest BCUT2D eigenvalue weighted by molar-refractivity contribution is -0.122. The highest BCUT2D eigenvalue weighted by Crippen LogP contribution is 2.39. The zero-order chi connectivity index (χ0) is 13.1. The van der Waals surface area contributed by atoms with Crippen LogP contribution >= 0.6 is 0 Å². The van der Waals surface area contributed by atoms with Crippen LogP contribution in [0.5, 0.6) is 0 Å². The van der Waals surface area contributed by atoms with Gasteiger partial charge in [0, 0.05) is 13.6 Å². The van der Waals surface area contributed by atoms with Gasteiger partial charge in [-0.2, -0.15) is 0 Å². The maximum atomic E-state index is 11.3. The first kappa shape index (κ1) is 14.5. The molecule has 4 heteroatoms. The number of amides is 1. The summed E-state index contributed by atoms with van der Waals surface area (Å²) in [7, 11) is 1.62. The quantitative estimate of drug-likeness (QED) is 0.690. The van der Waals surface area contributed by atoms with Gasteiger partial charge in [0.2, 0.25) is 5.91 Å². The van der Waals surface area contributed by atoms with E-state index in [0.29, 0.717) is 12.0 Å². The molecular weight excluding hydrogens is 216 g/mol. The summed E-state index contributed by atoms with van der Waals surface area (Å²) in [6, 6.07) is -0.251. The van der Waals surface area contributed by atoms with Crippen LogP contribution in [0, 0.1) is 5.41 Å². The molecule has 0 radical (unpaired) electrons. The van der Waals surface area contributed by atoms with Gasteiger partial charge >= 0.3 is 0 Å². The van der Waals surface area contributed by atoms with Crippen molar-refractivity contribution in [3.05, 3.63) is 0 Å². The molecule has 1 fully saturated rings. The highest BCUT2D eigenvalue weighted by Gasteiger charge is 2.36. The van der Waals surface area contributed by atoms with Crippen molar-refractivity contribution < 1.29 is 9.90 Å². The standard InChI is InChI=1S/C13H26N2O2/c1-10(11(16)14-4)15-9-13(17)7-5-12(2,3)6-8-13/h10,15,17H,5-9H2,1-4H3,(H,14,16). The van der Waals surface area contributed by atoms with E-state index in [9.17, 15) is 9.90 Å². The summed E-state index contributed by atoms with van der Waals surface area (Å²) in [6.07, 6.45) is 3.71. The van der Waals surface area contributed by atoms with Crippen LogP contribution in [0.4, 0.5) is 0 Å². The average molecular weight is 242 g/mol. The zero-order valence-electron chi connectivity index (χ0n) is 11.5. The highest BCUT2D eigenvalue weighted by molar-refractivity contribution is 5.80. The molecule has 4 nitrogen and oxygen atoms in total. The van der Waals surface area contributed by atoms with Crippen molar-refractivity contribution in [1.82, 2.24) is 10.6 Å². The lowest BCUT2D eigenvalue weighted by atomic mass is 9.71. The Kier molecular flexibility index (Phi) is 4.55. The van der Waals surface area contributed by atoms with Crippen molar-refractivity contribution in [1.29, 1.82) is 0 Å². The molecule has 100 valence electrons. The van der Waals surface area contributed by atoms with Crippen molar-refractivity contribution in [2.24, 2.45) is 5.41 Å². The SMILES string of the molecule is CNC(=O)C(C)NCC1(O)CCC(C)(C)CC1. The number of hydrogen-bond donors (Lipinski definition) is 3. The van der Waals surface area contributed by atoms with Crippen LogP contribution in [-0.2, 0) is 4.79 Å². The number of rotatable bonds is 4. The summed E-state index contributed by atoms with van der Waals surface area (Å²) in [4.78, 5) is 11.3. The van der Waals surface area contributed by atoms with Crippen LogP contribution in [0.25, 0.3) is 0 Å². The maximum absolute atomic E-state index is 11.3. The molecule has 1 amide bonds. The Morgan fingerprint density at radius 3 is 2.29 bits per heavy atom. The molecule has 0 heterocycles. The molecule has 1 unspecified atom stereocenters. The van der Waals surface area contributed by atoms with Gasteiger partial charge in [0.05, 0.1) is 11.6 Å². The van der Waals surface area contributed by atoms with E-state index < -0.39 is 5.60 Å². The van der Waals surface area contributed by atoms with Crippen LogP contribution in [0.3, 0.4) is 0 Å². The third-order valence-electron chi connectivity index (χ3n) is 3.91. The molecule has 1 aliphatic carbocycles. The van der Waals surface area contributed by atoms with Gasteiger partial charge in [-0.1, -0.05) is 13.8 Å². The van der Waals surface area contributed by atoms with Gasteiger partial charge in [-0.3, -0.25) is 4.79 Å². The van der Waals surface area contributed by atoms with Crippen LogP contribution in [0.2, 0.25) is 0 Å². The first-order chi connectivity index (χ1) is 7.78. The summed E-state index contributed by atoms with van der Waals surface area (Å²) in [5, 5.41) is 16.1. The Morgan fingerprint density at radius 1 is 1.29 bits per heavy atom. The Morgan fingerprint density at radius 2 is 1.82 bits per heavy atom. The minimum Gasteiger partial charge on any atom is -0.389 e. The molecule has 1 atom stereocenters. The molecule has 0 aromatic carbocycles. The van der Waals surface area contributed by atoms with Crippen molar-refractivity contribution in [2.75, 3.05) is 13.6 Å².